The topological polar surface area (TPSA) is 48.5 Å². The molecule has 0 fully saturated rings. The van der Waals surface area contributed by atoms with Crippen LogP contribution in [0.25, 0.3) is 38.9 Å². The molecule has 30 heavy (non-hydrogen) atoms. The monoisotopic (exact) mass is 415 g/mol. The van der Waals surface area contributed by atoms with E-state index in [1.54, 1.807) is 18.7 Å². The van der Waals surface area contributed by atoms with Crippen LogP contribution in [0.3, 0.4) is 0 Å². The highest BCUT2D eigenvalue weighted by Crippen LogP contribution is 2.27. The molecular formula is C24H18ClN3O2. The molecule has 2 heterocycles. The normalized spacial score (nSPS) is 11.3. The lowest BCUT2D eigenvalue weighted by atomic mass is 10.0. The molecule has 0 aliphatic rings. The van der Waals surface area contributed by atoms with E-state index >= 15 is 0 Å². The summed E-state index contributed by atoms with van der Waals surface area (Å²) in [5.41, 5.74) is 5.20. The molecule has 0 unspecified atom stereocenters. The van der Waals surface area contributed by atoms with Crippen LogP contribution < -0.4 is 10.3 Å². The van der Waals surface area contributed by atoms with E-state index in [9.17, 15) is 4.79 Å². The number of nitrogens with zero attached hydrogens (tertiary/aromatic N) is 3. The molecule has 0 saturated heterocycles. The summed E-state index contributed by atoms with van der Waals surface area (Å²) in [6, 6.07) is 23.1. The Hall–Kier alpha value is -3.57. The van der Waals surface area contributed by atoms with Gasteiger partial charge in [-0.2, -0.15) is 5.10 Å². The number of benzene rings is 3. The van der Waals surface area contributed by atoms with E-state index < -0.39 is 0 Å². The van der Waals surface area contributed by atoms with Gasteiger partial charge >= 0.3 is 0 Å². The van der Waals surface area contributed by atoms with Crippen molar-refractivity contribution in [3.63, 3.8) is 0 Å². The molecule has 6 heteroatoms. The molecule has 5 rings (SSSR count). The maximum Gasteiger partial charge on any atom is 0.261 e. The SMILES string of the molecule is COc1ccc(-c2ccc3c(=O)n(C)c4cc(-c5ccc(Cl)cc5)nn4c3c2)cc1. The molecule has 0 bridgehead atoms. The van der Waals surface area contributed by atoms with Crippen molar-refractivity contribution in [2.24, 2.45) is 7.05 Å². The maximum absolute atomic E-state index is 13.0. The zero-order chi connectivity index (χ0) is 20.8. The highest BCUT2D eigenvalue weighted by Gasteiger charge is 2.14. The van der Waals surface area contributed by atoms with Gasteiger partial charge in [-0.25, -0.2) is 4.52 Å². The van der Waals surface area contributed by atoms with Crippen LogP contribution in [-0.4, -0.2) is 21.3 Å². The molecule has 5 aromatic rings. The van der Waals surface area contributed by atoms with Gasteiger partial charge < -0.3 is 4.74 Å². The number of aryl methyl sites for hydroxylation is 1. The highest BCUT2D eigenvalue weighted by atomic mass is 35.5. The van der Waals surface area contributed by atoms with Crippen molar-refractivity contribution in [2.75, 3.05) is 7.11 Å². The second-order valence-corrected chi connectivity index (χ2v) is 7.57. The quantitative estimate of drug-likeness (QED) is 0.408. The van der Waals surface area contributed by atoms with Gasteiger partial charge in [-0.15, -0.1) is 0 Å². The number of rotatable bonds is 3. The fourth-order valence-corrected chi connectivity index (χ4v) is 3.81. The summed E-state index contributed by atoms with van der Waals surface area (Å²) in [5.74, 6) is 0.801. The van der Waals surface area contributed by atoms with Crippen LogP contribution in [0.2, 0.25) is 5.02 Å². The summed E-state index contributed by atoms with van der Waals surface area (Å²) < 4.78 is 8.70. The highest BCUT2D eigenvalue weighted by molar-refractivity contribution is 6.30. The standard InChI is InChI=1S/C24H18ClN3O2/c1-27-23-14-21(16-3-8-18(25)9-4-16)26-28(23)22-13-17(7-12-20(22)24(27)29)15-5-10-19(30-2)11-6-15/h3-14H,1-2H3. The number of hydrogen-bond acceptors (Lipinski definition) is 3. The number of ether oxygens (including phenoxy) is 1. The Morgan fingerprint density at radius 1 is 0.867 bits per heavy atom. The summed E-state index contributed by atoms with van der Waals surface area (Å²) in [6.07, 6.45) is 0. The molecule has 0 aliphatic heterocycles. The second kappa shape index (κ2) is 7.04. The molecule has 0 aliphatic carbocycles. The Balaban J connectivity index is 1.75. The van der Waals surface area contributed by atoms with Crippen LogP contribution in [0.5, 0.6) is 5.75 Å². The lowest BCUT2D eigenvalue weighted by molar-refractivity contribution is 0.415. The van der Waals surface area contributed by atoms with Crippen molar-refractivity contribution in [1.82, 2.24) is 14.2 Å². The average Bonchev–Trinajstić information content (AvgIpc) is 3.23. The molecule has 2 aromatic heterocycles. The lowest BCUT2D eigenvalue weighted by Crippen LogP contribution is -2.19. The molecule has 3 aromatic carbocycles. The third kappa shape index (κ3) is 2.95. The first-order chi connectivity index (χ1) is 14.5. The smallest absolute Gasteiger partial charge is 0.261 e. The minimum atomic E-state index is -0.0543. The van der Waals surface area contributed by atoms with Crippen molar-refractivity contribution in [1.29, 1.82) is 0 Å². The molecular weight excluding hydrogens is 398 g/mol. The summed E-state index contributed by atoms with van der Waals surface area (Å²) in [6.45, 7) is 0. The lowest BCUT2D eigenvalue weighted by Gasteiger charge is -2.09. The van der Waals surface area contributed by atoms with Crippen LogP contribution in [0, 0.1) is 0 Å². The van der Waals surface area contributed by atoms with Gasteiger partial charge in [-0.1, -0.05) is 41.9 Å². The molecule has 0 amide bonds. The summed E-state index contributed by atoms with van der Waals surface area (Å²) in [4.78, 5) is 13.0. The van der Waals surface area contributed by atoms with E-state index in [0.717, 1.165) is 39.3 Å². The number of methoxy groups -OCH3 is 1. The van der Waals surface area contributed by atoms with Gasteiger partial charge in [0.05, 0.1) is 23.7 Å². The van der Waals surface area contributed by atoms with Gasteiger partial charge in [0.25, 0.3) is 5.56 Å². The van der Waals surface area contributed by atoms with Gasteiger partial charge in [0, 0.05) is 23.7 Å². The van der Waals surface area contributed by atoms with Crippen molar-refractivity contribution in [2.45, 2.75) is 0 Å². The molecule has 0 radical (unpaired) electrons. The first kappa shape index (κ1) is 18.5. The van der Waals surface area contributed by atoms with E-state index in [1.807, 2.05) is 77.3 Å². The van der Waals surface area contributed by atoms with Gasteiger partial charge in [-0.3, -0.25) is 9.36 Å². The second-order valence-electron chi connectivity index (χ2n) is 7.13. The predicted octanol–water partition coefficient (Wildman–Crippen LogP) is 5.18. The Labute approximate surface area is 177 Å². The molecule has 0 spiro atoms. The van der Waals surface area contributed by atoms with Gasteiger partial charge in [0.15, 0.2) is 0 Å². The van der Waals surface area contributed by atoms with Crippen LogP contribution in [-0.2, 0) is 7.05 Å². The van der Waals surface area contributed by atoms with Crippen LogP contribution in [0.15, 0.2) is 77.6 Å². The zero-order valence-electron chi connectivity index (χ0n) is 16.5. The first-order valence-electron chi connectivity index (χ1n) is 9.48. The van der Waals surface area contributed by atoms with Gasteiger partial charge in [0.1, 0.15) is 11.4 Å². The largest absolute Gasteiger partial charge is 0.497 e. The molecule has 148 valence electrons. The molecule has 5 nitrogen and oxygen atoms in total. The van der Waals surface area contributed by atoms with Crippen LogP contribution in [0.1, 0.15) is 0 Å². The third-order valence-electron chi connectivity index (χ3n) is 5.36. The molecule has 0 N–H and O–H groups in total. The molecule has 0 atom stereocenters. The van der Waals surface area contributed by atoms with Crippen molar-refractivity contribution >= 4 is 28.2 Å². The van der Waals surface area contributed by atoms with Gasteiger partial charge in [0.2, 0.25) is 0 Å². The summed E-state index contributed by atoms with van der Waals surface area (Å²) in [5, 5.41) is 6.09. The summed E-state index contributed by atoms with van der Waals surface area (Å²) in [7, 11) is 3.41. The van der Waals surface area contributed by atoms with E-state index in [0.29, 0.717) is 10.4 Å². The Morgan fingerprint density at radius 3 is 2.23 bits per heavy atom. The van der Waals surface area contributed by atoms with Crippen LogP contribution in [0.4, 0.5) is 0 Å². The van der Waals surface area contributed by atoms with E-state index in [4.69, 9.17) is 21.4 Å². The van der Waals surface area contributed by atoms with Crippen molar-refractivity contribution in [3.8, 4) is 28.1 Å². The molecule has 0 saturated carbocycles. The number of halogens is 1. The summed E-state index contributed by atoms with van der Waals surface area (Å²) >= 11 is 6.02. The van der Waals surface area contributed by atoms with E-state index in [1.165, 1.54) is 0 Å². The Kier molecular flexibility index (Phi) is 4.33. The first-order valence-corrected chi connectivity index (χ1v) is 9.86. The van der Waals surface area contributed by atoms with E-state index in [2.05, 4.69) is 0 Å². The Bertz CT molecular complexity index is 1450. The number of fused-ring (bicyclic) bond motifs is 3. The van der Waals surface area contributed by atoms with Crippen LogP contribution >= 0.6 is 11.6 Å². The minimum absolute atomic E-state index is 0.0543. The minimum Gasteiger partial charge on any atom is -0.497 e. The average molecular weight is 416 g/mol. The Morgan fingerprint density at radius 2 is 1.53 bits per heavy atom. The van der Waals surface area contributed by atoms with Crippen molar-refractivity contribution < 1.29 is 4.74 Å². The van der Waals surface area contributed by atoms with Crippen molar-refractivity contribution in [3.05, 3.63) is 88.2 Å². The number of aromatic nitrogens is 3. The fourth-order valence-electron chi connectivity index (χ4n) is 3.68. The number of hydrogen-bond donors (Lipinski definition) is 0. The van der Waals surface area contributed by atoms with E-state index in [-0.39, 0.29) is 5.56 Å². The zero-order valence-corrected chi connectivity index (χ0v) is 17.2. The predicted molar refractivity (Wildman–Crippen MR) is 120 cm³/mol. The fraction of sp³-hybridized carbons (Fsp3) is 0.0833. The third-order valence-corrected chi connectivity index (χ3v) is 5.61. The maximum atomic E-state index is 13.0. The van der Waals surface area contributed by atoms with Gasteiger partial charge in [-0.05, 0) is 47.5 Å².